The van der Waals surface area contributed by atoms with E-state index in [0.29, 0.717) is 0 Å². The van der Waals surface area contributed by atoms with E-state index in [0.717, 1.165) is 51.3 Å². The second-order valence-corrected chi connectivity index (χ2v) is 4.61. The number of methoxy groups -OCH3 is 1. The molecule has 98 valence electrons. The maximum Gasteiger partial charge on any atom is 0.0797 e. The summed E-state index contributed by atoms with van der Waals surface area (Å²) < 4.78 is 8.92. The van der Waals surface area contributed by atoms with Gasteiger partial charge in [0, 0.05) is 20.2 Å². The Morgan fingerprint density at radius 1 is 1.24 bits per heavy atom. The van der Waals surface area contributed by atoms with Gasteiger partial charge in [-0.25, -0.2) is 0 Å². The Bertz CT molecular complexity index is 293. The number of hydrogen-bond donors (Lipinski definition) is 2. The van der Waals surface area contributed by atoms with E-state index in [-0.39, 0.29) is 0 Å². The molecule has 0 unspecified atom stereocenters. The van der Waals surface area contributed by atoms with Gasteiger partial charge in [0.1, 0.15) is 0 Å². The summed E-state index contributed by atoms with van der Waals surface area (Å²) >= 11 is 1.49. The minimum atomic E-state index is 0.778. The van der Waals surface area contributed by atoms with Gasteiger partial charge >= 0.3 is 0 Å². The van der Waals surface area contributed by atoms with E-state index in [9.17, 15) is 0 Å². The number of aryl methyl sites for hydroxylation is 1. The fourth-order valence-corrected chi connectivity index (χ4v) is 2.16. The standard InChI is InChI=1S/C11H22N4OS/c1-3-10-11(17-15-14-10)9-13-6-4-5-12-7-8-16-2/h12-13H,3-9H2,1-2H3. The number of nitrogens with one attached hydrogen (secondary N) is 2. The molecule has 6 heteroatoms. The highest BCUT2D eigenvalue weighted by atomic mass is 32.1. The third-order valence-electron chi connectivity index (χ3n) is 2.44. The molecule has 1 rings (SSSR count). The van der Waals surface area contributed by atoms with Crippen LogP contribution >= 0.6 is 11.5 Å². The molecule has 1 aromatic rings. The smallest absolute Gasteiger partial charge is 0.0797 e. The Morgan fingerprint density at radius 2 is 2.06 bits per heavy atom. The number of rotatable bonds is 10. The van der Waals surface area contributed by atoms with Gasteiger partial charge in [-0.2, -0.15) is 0 Å². The zero-order valence-corrected chi connectivity index (χ0v) is 11.5. The van der Waals surface area contributed by atoms with Gasteiger partial charge in [0.25, 0.3) is 0 Å². The Labute approximate surface area is 107 Å². The Balaban J connectivity index is 1.97. The van der Waals surface area contributed by atoms with Crippen LogP contribution in [0.15, 0.2) is 0 Å². The predicted octanol–water partition coefficient (Wildman–Crippen LogP) is 0.816. The van der Waals surface area contributed by atoms with Gasteiger partial charge < -0.3 is 15.4 Å². The maximum atomic E-state index is 4.95. The van der Waals surface area contributed by atoms with Crippen molar-refractivity contribution < 1.29 is 4.74 Å². The molecule has 0 amide bonds. The Hall–Kier alpha value is -0.560. The SMILES string of the molecule is CCc1nnsc1CNCCCNCCOC. The first-order valence-electron chi connectivity index (χ1n) is 6.09. The summed E-state index contributed by atoms with van der Waals surface area (Å²) in [5, 5.41) is 10.8. The summed E-state index contributed by atoms with van der Waals surface area (Å²) in [5.41, 5.74) is 1.13. The van der Waals surface area contributed by atoms with Crippen molar-refractivity contribution in [3.63, 3.8) is 0 Å². The fourth-order valence-electron chi connectivity index (χ4n) is 1.47. The van der Waals surface area contributed by atoms with Crippen LogP contribution in [-0.4, -0.2) is 42.9 Å². The van der Waals surface area contributed by atoms with Crippen molar-refractivity contribution in [2.24, 2.45) is 0 Å². The van der Waals surface area contributed by atoms with Crippen molar-refractivity contribution in [1.82, 2.24) is 20.2 Å². The Morgan fingerprint density at radius 3 is 2.82 bits per heavy atom. The van der Waals surface area contributed by atoms with Crippen LogP contribution in [0, 0.1) is 0 Å². The molecular weight excluding hydrogens is 236 g/mol. The van der Waals surface area contributed by atoms with Gasteiger partial charge in [-0.3, -0.25) is 0 Å². The first-order chi connectivity index (χ1) is 8.38. The van der Waals surface area contributed by atoms with Crippen molar-refractivity contribution in [1.29, 1.82) is 0 Å². The summed E-state index contributed by atoms with van der Waals surface area (Å²) in [4.78, 5) is 1.26. The summed E-state index contributed by atoms with van der Waals surface area (Å²) in [6, 6.07) is 0. The third-order valence-corrected chi connectivity index (χ3v) is 3.21. The average Bonchev–Trinajstić information content (AvgIpc) is 2.80. The molecular formula is C11H22N4OS. The van der Waals surface area contributed by atoms with Gasteiger partial charge in [-0.15, -0.1) is 5.10 Å². The van der Waals surface area contributed by atoms with E-state index in [2.05, 4.69) is 27.1 Å². The first kappa shape index (κ1) is 14.5. The molecule has 0 atom stereocenters. The largest absolute Gasteiger partial charge is 0.383 e. The highest BCUT2D eigenvalue weighted by Gasteiger charge is 2.04. The molecule has 0 saturated heterocycles. The van der Waals surface area contributed by atoms with E-state index >= 15 is 0 Å². The highest BCUT2D eigenvalue weighted by molar-refractivity contribution is 7.05. The molecule has 1 heterocycles. The van der Waals surface area contributed by atoms with Crippen molar-refractivity contribution >= 4 is 11.5 Å². The predicted molar refractivity (Wildman–Crippen MR) is 70.4 cm³/mol. The number of hydrogen-bond acceptors (Lipinski definition) is 6. The summed E-state index contributed by atoms with van der Waals surface area (Å²) in [6.07, 6.45) is 2.09. The second kappa shape index (κ2) is 9.47. The Kier molecular flexibility index (Phi) is 8.08. The average molecular weight is 258 g/mol. The summed E-state index contributed by atoms with van der Waals surface area (Å²) in [5.74, 6) is 0. The molecule has 0 saturated carbocycles. The number of ether oxygens (including phenoxy) is 1. The second-order valence-electron chi connectivity index (χ2n) is 3.77. The van der Waals surface area contributed by atoms with Gasteiger partial charge in [-0.1, -0.05) is 11.4 Å². The molecule has 0 aromatic carbocycles. The first-order valence-corrected chi connectivity index (χ1v) is 6.86. The van der Waals surface area contributed by atoms with Crippen LogP contribution < -0.4 is 10.6 Å². The monoisotopic (exact) mass is 258 g/mol. The van der Waals surface area contributed by atoms with Crippen LogP contribution in [0.4, 0.5) is 0 Å². The van der Waals surface area contributed by atoms with Crippen molar-refractivity contribution in [2.75, 3.05) is 33.4 Å². The van der Waals surface area contributed by atoms with Crippen LogP contribution in [-0.2, 0) is 17.7 Å². The van der Waals surface area contributed by atoms with E-state index in [4.69, 9.17) is 4.74 Å². The fraction of sp³-hybridized carbons (Fsp3) is 0.818. The molecule has 0 aliphatic heterocycles. The van der Waals surface area contributed by atoms with Gasteiger partial charge in [0.15, 0.2) is 0 Å². The molecule has 0 fully saturated rings. The minimum Gasteiger partial charge on any atom is -0.383 e. The van der Waals surface area contributed by atoms with Gasteiger partial charge in [0.2, 0.25) is 0 Å². The summed E-state index contributed by atoms with van der Waals surface area (Å²) in [7, 11) is 1.72. The molecule has 0 radical (unpaired) electrons. The molecule has 0 bridgehead atoms. The normalized spacial score (nSPS) is 10.9. The van der Waals surface area contributed by atoms with Gasteiger partial charge in [0.05, 0.1) is 17.2 Å². The lowest BCUT2D eigenvalue weighted by Crippen LogP contribution is -2.24. The quantitative estimate of drug-likeness (QED) is 0.608. The van der Waals surface area contributed by atoms with Crippen LogP contribution in [0.5, 0.6) is 0 Å². The minimum absolute atomic E-state index is 0.778. The van der Waals surface area contributed by atoms with Gasteiger partial charge in [-0.05, 0) is 37.5 Å². The summed E-state index contributed by atoms with van der Waals surface area (Å²) in [6.45, 7) is 6.74. The highest BCUT2D eigenvalue weighted by Crippen LogP contribution is 2.10. The van der Waals surface area contributed by atoms with Crippen LogP contribution in [0.3, 0.4) is 0 Å². The lowest BCUT2D eigenvalue weighted by atomic mass is 10.3. The molecule has 0 aliphatic rings. The van der Waals surface area contributed by atoms with Crippen LogP contribution in [0.25, 0.3) is 0 Å². The van der Waals surface area contributed by atoms with Crippen LogP contribution in [0.1, 0.15) is 23.9 Å². The lowest BCUT2D eigenvalue weighted by molar-refractivity contribution is 0.199. The molecule has 0 spiro atoms. The topological polar surface area (TPSA) is 59.1 Å². The zero-order chi connectivity index (χ0) is 12.3. The molecule has 1 aromatic heterocycles. The molecule has 0 aliphatic carbocycles. The molecule has 17 heavy (non-hydrogen) atoms. The van der Waals surface area contributed by atoms with E-state index in [1.54, 1.807) is 7.11 Å². The molecule has 2 N–H and O–H groups in total. The van der Waals surface area contributed by atoms with Crippen molar-refractivity contribution in [3.8, 4) is 0 Å². The maximum absolute atomic E-state index is 4.95. The molecule has 5 nitrogen and oxygen atoms in total. The van der Waals surface area contributed by atoms with Crippen molar-refractivity contribution in [3.05, 3.63) is 10.6 Å². The lowest BCUT2D eigenvalue weighted by Gasteiger charge is -2.05. The van der Waals surface area contributed by atoms with E-state index in [1.165, 1.54) is 16.4 Å². The third kappa shape index (κ3) is 6.07. The van der Waals surface area contributed by atoms with E-state index in [1.807, 2.05) is 0 Å². The number of nitrogens with zero attached hydrogens (tertiary/aromatic N) is 2. The van der Waals surface area contributed by atoms with Crippen molar-refractivity contribution in [2.45, 2.75) is 26.3 Å². The van der Waals surface area contributed by atoms with E-state index < -0.39 is 0 Å². The zero-order valence-electron chi connectivity index (χ0n) is 10.7. The van der Waals surface area contributed by atoms with Crippen LogP contribution in [0.2, 0.25) is 0 Å². The number of aromatic nitrogens is 2.